The molecule has 1 N–H and O–H groups in total. The normalized spacial score (nSPS) is 16.3. The lowest BCUT2D eigenvalue weighted by Gasteiger charge is -2.26. The lowest BCUT2D eigenvalue weighted by atomic mass is 10.2. The van der Waals surface area contributed by atoms with E-state index in [1.165, 1.54) is 4.70 Å². The quantitative estimate of drug-likeness (QED) is 0.919. The van der Waals surface area contributed by atoms with Crippen LogP contribution < -0.4 is 10.1 Å². The van der Waals surface area contributed by atoms with Gasteiger partial charge in [0.1, 0.15) is 5.75 Å². The van der Waals surface area contributed by atoms with Crippen molar-refractivity contribution in [2.45, 2.75) is 6.92 Å². The van der Waals surface area contributed by atoms with Gasteiger partial charge in [-0.15, -0.1) is 0 Å². The number of benzene rings is 1. The number of aromatic nitrogens is 1. The third kappa shape index (κ3) is 3.45. The minimum absolute atomic E-state index is 0.847. The highest BCUT2D eigenvalue weighted by Crippen LogP contribution is 2.31. The first-order chi connectivity index (χ1) is 10.3. The van der Waals surface area contributed by atoms with Gasteiger partial charge in [-0.05, 0) is 24.6 Å². The van der Waals surface area contributed by atoms with Crippen LogP contribution >= 0.6 is 11.3 Å². The fourth-order valence-corrected chi connectivity index (χ4v) is 3.50. The van der Waals surface area contributed by atoms with Gasteiger partial charge in [0, 0.05) is 26.2 Å². The van der Waals surface area contributed by atoms with Gasteiger partial charge in [0.15, 0.2) is 5.13 Å². The van der Waals surface area contributed by atoms with Crippen LogP contribution in [0.5, 0.6) is 5.75 Å². The monoisotopic (exact) mass is 307 g/mol. The van der Waals surface area contributed by atoms with E-state index in [9.17, 15) is 0 Å². The van der Waals surface area contributed by atoms with E-state index in [4.69, 9.17) is 9.47 Å². The molecule has 1 saturated heterocycles. The van der Waals surface area contributed by atoms with Gasteiger partial charge in [-0.2, -0.15) is 0 Å². The third-order valence-electron chi connectivity index (χ3n) is 3.70. The Morgan fingerprint density at radius 3 is 2.95 bits per heavy atom. The second kappa shape index (κ2) is 6.60. The molecule has 0 saturated carbocycles. The molecule has 0 aliphatic carbocycles. The second-order valence-electron chi connectivity index (χ2n) is 5.19. The highest BCUT2D eigenvalue weighted by Gasteiger charge is 2.11. The predicted octanol–water partition coefficient (Wildman–Crippen LogP) is 2.36. The van der Waals surface area contributed by atoms with Crippen molar-refractivity contribution < 1.29 is 9.47 Å². The molecule has 1 aliphatic rings. The van der Waals surface area contributed by atoms with Crippen LogP contribution in [0.25, 0.3) is 10.2 Å². The molecule has 0 amide bonds. The second-order valence-corrected chi connectivity index (χ2v) is 6.22. The Kier molecular flexibility index (Phi) is 4.57. The summed E-state index contributed by atoms with van der Waals surface area (Å²) in [4.78, 5) is 7.09. The number of hydrogen-bond donors (Lipinski definition) is 1. The number of aryl methyl sites for hydroxylation is 1. The smallest absolute Gasteiger partial charge is 0.183 e. The summed E-state index contributed by atoms with van der Waals surface area (Å²) in [6.45, 7) is 7.76. The number of ether oxygens (including phenoxy) is 2. The minimum Gasteiger partial charge on any atom is -0.497 e. The van der Waals surface area contributed by atoms with E-state index in [1.54, 1.807) is 18.4 Å². The molecule has 0 atom stereocenters. The summed E-state index contributed by atoms with van der Waals surface area (Å²) in [5.74, 6) is 0.892. The molecule has 0 bridgehead atoms. The van der Waals surface area contributed by atoms with Crippen molar-refractivity contribution in [3.63, 3.8) is 0 Å². The molecule has 21 heavy (non-hydrogen) atoms. The first-order valence-corrected chi connectivity index (χ1v) is 8.07. The number of anilines is 1. The van der Waals surface area contributed by atoms with Crippen LogP contribution in [-0.2, 0) is 4.74 Å². The Labute approximate surface area is 128 Å². The number of morpholine rings is 1. The first-order valence-electron chi connectivity index (χ1n) is 7.25. The summed E-state index contributed by atoms with van der Waals surface area (Å²) in [6.07, 6.45) is 0. The van der Waals surface area contributed by atoms with Crippen molar-refractivity contribution in [1.29, 1.82) is 0 Å². The number of fused-ring (bicyclic) bond motifs is 1. The van der Waals surface area contributed by atoms with E-state index in [0.717, 1.165) is 61.4 Å². The van der Waals surface area contributed by atoms with Crippen LogP contribution in [-0.4, -0.2) is 56.4 Å². The Hall–Kier alpha value is -1.37. The fourth-order valence-electron chi connectivity index (χ4n) is 2.50. The summed E-state index contributed by atoms with van der Waals surface area (Å²) < 4.78 is 11.8. The number of nitrogens with one attached hydrogen (secondary N) is 1. The molecule has 3 rings (SSSR count). The van der Waals surface area contributed by atoms with Crippen LogP contribution in [0.1, 0.15) is 5.56 Å². The average Bonchev–Trinajstić information content (AvgIpc) is 2.91. The Bertz CT molecular complexity index is 608. The highest BCUT2D eigenvalue weighted by atomic mass is 32.1. The van der Waals surface area contributed by atoms with Crippen LogP contribution in [0.2, 0.25) is 0 Å². The molecule has 1 aromatic carbocycles. The van der Waals surface area contributed by atoms with Gasteiger partial charge in [0.05, 0.1) is 30.5 Å². The number of thiazole rings is 1. The van der Waals surface area contributed by atoms with Crippen molar-refractivity contribution in [3.05, 3.63) is 17.7 Å². The van der Waals surface area contributed by atoms with E-state index < -0.39 is 0 Å². The van der Waals surface area contributed by atoms with Gasteiger partial charge in [-0.3, -0.25) is 4.90 Å². The Morgan fingerprint density at radius 2 is 2.19 bits per heavy atom. The highest BCUT2D eigenvalue weighted by molar-refractivity contribution is 7.22. The van der Waals surface area contributed by atoms with Crippen LogP contribution in [0.4, 0.5) is 5.13 Å². The number of hydrogen-bond acceptors (Lipinski definition) is 6. The maximum absolute atomic E-state index is 5.35. The van der Waals surface area contributed by atoms with E-state index in [-0.39, 0.29) is 0 Å². The maximum Gasteiger partial charge on any atom is 0.183 e. The molecule has 0 radical (unpaired) electrons. The largest absolute Gasteiger partial charge is 0.497 e. The number of methoxy groups -OCH3 is 1. The van der Waals surface area contributed by atoms with Gasteiger partial charge in [0.2, 0.25) is 0 Å². The van der Waals surface area contributed by atoms with Crippen LogP contribution in [0, 0.1) is 6.92 Å². The molecule has 0 unspecified atom stereocenters. The summed E-state index contributed by atoms with van der Waals surface area (Å²) in [5.41, 5.74) is 2.22. The summed E-state index contributed by atoms with van der Waals surface area (Å²) >= 11 is 1.68. The van der Waals surface area contributed by atoms with Gasteiger partial charge < -0.3 is 14.8 Å². The zero-order chi connectivity index (χ0) is 14.7. The standard InChI is InChI=1S/C15H21N3O2S/c1-11-9-12(19-2)10-13-14(11)17-15(21-13)16-3-4-18-5-7-20-8-6-18/h9-10H,3-8H2,1-2H3,(H,16,17). The topological polar surface area (TPSA) is 46.6 Å². The minimum atomic E-state index is 0.847. The van der Waals surface area contributed by atoms with Crippen molar-refractivity contribution in [1.82, 2.24) is 9.88 Å². The fraction of sp³-hybridized carbons (Fsp3) is 0.533. The van der Waals surface area contributed by atoms with Gasteiger partial charge in [-0.1, -0.05) is 11.3 Å². The molecule has 114 valence electrons. The molecule has 1 aromatic heterocycles. The maximum atomic E-state index is 5.35. The van der Waals surface area contributed by atoms with Crippen molar-refractivity contribution in [2.24, 2.45) is 0 Å². The number of rotatable bonds is 5. The van der Waals surface area contributed by atoms with Crippen LogP contribution in [0.15, 0.2) is 12.1 Å². The molecule has 0 spiro atoms. The first kappa shape index (κ1) is 14.6. The van der Waals surface area contributed by atoms with Gasteiger partial charge in [-0.25, -0.2) is 4.98 Å². The zero-order valence-electron chi connectivity index (χ0n) is 12.5. The average molecular weight is 307 g/mol. The van der Waals surface area contributed by atoms with Gasteiger partial charge >= 0.3 is 0 Å². The summed E-state index contributed by atoms with van der Waals surface area (Å²) in [7, 11) is 1.70. The summed E-state index contributed by atoms with van der Waals surface area (Å²) in [5, 5.41) is 4.41. The molecular weight excluding hydrogens is 286 g/mol. The molecule has 1 aliphatic heterocycles. The zero-order valence-corrected chi connectivity index (χ0v) is 13.3. The van der Waals surface area contributed by atoms with E-state index in [0.29, 0.717) is 0 Å². The summed E-state index contributed by atoms with van der Waals surface area (Å²) in [6, 6.07) is 4.08. The van der Waals surface area contributed by atoms with E-state index >= 15 is 0 Å². The molecule has 1 fully saturated rings. The molecule has 6 heteroatoms. The molecule has 2 aromatic rings. The number of nitrogens with zero attached hydrogens (tertiary/aromatic N) is 2. The lowest BCUT2D eigenvalue weighted by Crippen LogP contribution is -2.38. The molecule has 2 heterocycles. The lowest BCUT2D eigenvalue weighted by molar-refractivity contribution is 0.0398. The SMILES string of the molecule is COc1cc(C)c2nc(NCCN3CCOCC3)sc2c1. The Balaban J connectivity index is 1.63. The van der Waals surface area contributed by atoms with Crippen molar-refractivity contribution >= 4 is 26.7 Å². The van der Waals surface area contributed by atoms with Crippen molar-refractivity contribution in [2.75, 3.05) is 51.8 Å². The predicted molar refractivity (Wildman–Crippen MR) is 86.7 cm³/mol. The Morgan fingerprint density at radius 1 is 1.38 bits per heavy atom. The third-order valence-corrected chi connectivity index (χ3v) is 4.66. The van der Waals surface area contributed by atoms with E-state index in [1.807, 2.05) is 12.1 Å². The van der Waals surface area contributed by atoms with E-state index in [2.05, 4.69) is 22.1 Å². The molecule has 5 nitrogen and oxygen atoms in total. The molecular formula is C15H21N3O2S. The van der Waals surface area contributed by atoms with Gasteiger partial charge in [0.25, 0.3) is 0 Å². The van der Waals surface area contributed by atoms with Crippen LogP contribution in [0.3, 0.4) is 0 Å². The van der Waals surface area contributed by atoms with Crippen molar-refractivity contribution in [3.8, 4) is 5.75 Å².